The lowest BCUT2D eigenvalue weighted by Crippen LogP contribution is -2.07. The maximum Gasteiger partial charge on any atom is 0.0581 e. The molecule has 0 bridgehead atoms. The highest BCUT2D eigenvalue weighted by atomic mass is 32.2. The lowest BCUT2D eigenvalue weighted by atomic mass is 10.4. The van der Waals surface area contributed by atoms with Gasteiger partial charge in [-0.15, -0.1) is 23.5 Å². The third-order valence-electron chi connectivity index (χ3n) is 1.54. The zero-order chi connectivity index (χ0) is 8.04. The Kier molecular flexibility index (Phi) is 15.1. The second kappa shape index (κ2) is 9.79. The van der Waals surface area contributed by atoms with E-state index in [1.54, 1.807) is 0 Å². The Labute approximate surface area is 88.3 Å². The molecule has 0 spiro atoms. The fourth-order valence-corrected chi connectivity index (χ4v) is 3.53. The molecule has 0 nitrogen and oxygen atoms in total. The van der Waals surface area contributed by atoms with E-state index >= 15 is 0 Å². The molecular formula is C10H26S2. The number of hydrogen-bond donors (Lipinski definition) is 0. The van der Waals surface area contributed by atoms with Gasteiger partial charge in [-0.05, 0) is 13.3 Å². The van der Waals surface area contributed by atoms with Gasteiger partial charge in [0.25, 0.3) is 0 Å². The van der Waals surface area contributed by atoms with Crippen molar-refractivity contribution in [1.29, 1.82) is 0 Å². The molecule has 1 heterocycles. The van der Waals surface area contributed by atoms with Crippen LogP contribution in [0.4, 0.5) is 0 Å². The van der Waals surface area contributed by atoms with Gasteiger partial charge in [-0.25, -0.2) is 0 Å². The molecule has 1 fully saturated rings. The highest BCUT2D eigenvalue weighted by Crippen LogP contribution is 2.45. The van der Waals surface area contributed by atoms with Crippen molar-refractivity contribution in [1.82, 2.24) is 0 Å². The molecule has 0 aromatic rings. The summed E-state index contributed by atoms with van der Waals surface area (Å²) in [7, 11) is 0. The van der Waals surface area contributed by atoms with Crippen LogP contribution in [-0.2, 0) is 0 Å². The summed E-state index contributed by atoms with van der Waals surface area (Å²) in [5.41, 5.74) is 0. The lowest BCUT2D eigenvalue weighted by Gasteiger charge is -2.17. The largest absolute Gasteiger partial charge is 0.144 e. The van der Waals surface area contributed by atoms with E-state index in [1.165, 1.54) is 17.9 Å². The van der Waals surface area contributed by atoms with Crippen LogP contribution < -0.4 is 0 Å². The van der Waals surface area contributed by atoms with Gasteiger partial charge in [0.1, 0.15) is 0 Å². The van der Waals surface area contributed by atoms with Crippen molar-refractivity contribution in [3.63, 3.8) is 0 Å². The van der Waals surface area contributed by atoms with E-state index in [9.17, 15) is 0 Å². The molecule has 78 valence electrons. The molecule has 0 aromatic carbocycles. The Hall–Kier alpha value is 0.700. The van der Waals surface area contributed by atoms with Crippen molar-refractivity contribution < 1.29 is 0 Å². The van der Waals surface area contributed by atoms with Gasteiger partial charge >= 0.3 is 0 Å². The SMILES string of the molecule is C.C.CC.CCC1(C)SCCS1. The quantitative estimate of drug-likeness (QED) is 0.604. The van der Waals surface area contributed by atoms with Crippen molar-refractivity contribution in [2.24, 2.45) is 0 Å². The summed E-state index contributed by atoms with van der Waals surface area (Å²) in [6.45, 7) is 8.61. The first-order valence-electron chi connectivity index (χ1n) is 4.05. The summed E-state index contributed by atoms with van der Waals surface area (Å²) >= 11 is 4.22. The van der Waals surface area contributed by atoms with Crippen molar-refractivity contribution in [3.8, 4) is 0 Å². The molecule has 12 heavy (non-hydrogen) atoms. The predicted molar refractivity (Wildman–Crippen MR) is 68.4 cm³/mol. The molecule has 0 radical (unpaired) electrons. The third kappa shape index (κ3) is 6.24. The maximum absolute atomic E-state index is 2.34. The van der Waals surface area contributed by atoms with Crippen LogP contribution in [0.15, 0.2) is 0 Å². The van der Waals surface area contributed by atoms with Gasteiger partial charge in [-0.1, -0.05) is 35.6 Å². The minimum Gasteiger partial charge on any atom is -0.144 e. The van der Waals surface area contributed by atoms with Gasteiger partial charge < -0.3 is 0 Å². The molecule has 0 aliphatic carbocycles. The molecule has 0 N–H and O–H groups in total. The van der Waals surface area contributed by atoms with Crippen LogP contribution in [0.2, 0.25) is 0 Å². The van der Waals surface area contributed by atoms with Crippen molar-refractivity contribution in [3.05, 3.63) is 0 Å². The van der Waals surface area contributed by atoms with Crippen molar-refractivity contribution in [2.75, 3.05) is 11.5 Å². The fourth-order valence-electron chi connectivity index (χ4n) is 0.761. The number of thioether (sulfide) groups is 2. The van der Waals surface area contributed by atoms with E-state index in [4.69, 9.17) is 0 Å². The molecule has 1 saturated heterocycles. The van der Waals surface area contributed by atoms with E-state index < -0.39 is 0 Å². The van der Waals surface area contributed by atoms with E-state index in [0.29, 0.717) is 4.08 Å². The van der Waals surface area contributed by atoms with Gasteiger partial charge in [0.2, 0.25) is 0 Å². The summed E-state index contributed by atoms with van der Waals surface area (Å²) in [4.78, 5) is 0. The van der Waals surface area contributed by atoms with Crippen molar-refractivity contribution in [2.45, 2.75) is 53.0 Å². The summed E-state index contributed by atoms with van der Waals surface area (Å²) in [6.07, 6.45) is 1.31. The Morgan fingerprint density at radius 2 is 1.42 bits per heavy atom. The fraction of sp³-hybridized carbons (Fsp3) is 1.00. The number of hydrogen-bond acceptors (Lipinski definition) is 2. The normalized spacial score (nSPS) is 18.0. The first-order chi connectivity index (χ1) is 4.77. The van der Waals surface area contributed by atoms with Crippen LogP contribution in [0.3, 0.4) is 0 Å². The van der Waals surface area contributed by atoms with E-state index in [1.807, 2.05) is 13.8 Å². The van der Waals surface area contributed by atoms with Gasteiger partial charge in [-0.3, -0.25) is 0 Å². The second-order valence-electron chi connectivity index (χ2n) is 2.18. The predicted octanol–water partition coefficient (Wildman–Crippen LogP) is 4.89. The first-order valence-corrected chi connectivity index (χ1v) is 6.02. The van der Waals surface area contributed by atoms with Gasteiger partial charge in [0, 0.05) is 11.5 Å². The van der Waals surface area contributed by atoms with Gasteiger partial charge in [0.15, 0.2) is 0 Å². The minimum absolute atomic E-state index is 0. The number of rotatable bonds is 1. The monoisotopic (exact) mass is 210 g/mol. The molecule has 1 aliphatic heterocycles. The van der Waals surface area contributed by atoms with E-state index in [2.05, 4.69) is 37.4 Å². The highest BCUT2D eigenvalue weighted by molar-refractivity contribution is 8.21. The lowest BCUT2D eigenvalue weighted by molar-refractivity contribution is 0.854. The van der Waals surface area contributed by atoms with Gasteiger partial charge in [0.05, 0.1) is 4.08 Å². The Bertz CT molecular complexity index is 75.9. The minimum atomic E-state index is 0. The van der Waals surface area contributed by atoms with Gasteiger partial charge in [-0.2, -0.15) is 0 Å². The zero-order valence-electron chi connectivity index (χ0n) is 7.44. The zero-order valence-corrected chi connectivity index (χ0v) is 9.07. The second-order valence-corrected chi connectivity index (χ2v) is 5.64. The first kappa shape index (κ1) is 18.5. The highest BCUT2D eigenvalue weighted by Gasteiger charge is 2.27. The van der Waals surface area contributed by atoms with E-state index in [-0.39, 0.29) is 14.9 Å². The smallest absolute Gasteiger partial charge is 0.0581 e. The maximum atomic E-state index is 2.34. The van der Waals surface area contributed by atoms with E-state index in [0.717, 1.165) is 0 Å². The average molecular weight is 210 g/mol. The van der Waals surface area contributed by atoms with Crippen molar-refractivity contribution >= 4 is 23.5 Å². The molecule has 0 aromatic heterocycles. The molecule has 0 unspecified atom stereocenters. The average Bonchev–Trinajstić information content (AvgIpc) is 2.42. The Morgan fingerprint density at radius 1 is 1.08 bits per heavy atom. The molecule has 1 rings (SSSR count). The summed E-state index contributed by atoms with van der Waals surface area (Å²) in [5, 5.41) is 0. The third-order valence-corrected chi connectivity index (χ3v) is 5.12. The summed E-state index contributed by atoms with van der Waals surface area (Å²) in [5.74, 6) is 2.71. The topological polar surface area (TPSA) is 0 Å². The molecule has 2 heteroatoms. The van der Waals surface area contributed by atoms with Crippen LogP contribution in [0, 0.1) is 0 Å². The molecule has 0 saturated carbocycles. The summed E-state index contributed by atoms with van der Waals surface area (Å²) < 4.78 is 0.569. The Balaban J connectivity index is -0.000000189. The van der Waals surface area contributed by atoms with Crippen LogP contribution in [0.5, 0.6) is 0 Å². The molecule has 0 amide bonds. The summed E-state index contributed by atoms with van der Waals surface area (Å²) in [6, 6.07) is 0. The van der Waals surface area contributed by atoms with Crippen LogP contribution in [-0.4, -0.2) is 15.6 Å². The standard InChI is InChI=1S/C6H12S2.C2H6.2CH4/c1-3-6(2)7-4-5-8-6;1-2;;/h3-5H2,1-2H3;1-2H3;2*1H4. The molecule has 1 aliphatic rings. The molecular weight excluding hydrogens is 184 g/mol. The Morgan fingerprint density at radius 3 is 1.58 bits per heavy atom. The van der Waals surface area contributed by atoms with Crippen LogP contribution in [0.1, 0.15) is 49.0 Å². The van der Waals surface area contributed by atoms with Crippen LogP contribution in [0.25, 0.3) is 0 Å². The molecule has 0 atom stereocenters. The van der Waals surface area contributed by atoms with Crippen LogP contribution >= 0.6 is 23.5 Å².